The first-order chi connectivity index (χ1) is 10.1. The zero-order valence-electron chi connectivity index (χ0n) is 11.3. The van der Waals surface area contributed by atoms with Crippen LogP contribution in [0.3, 0.4) is 0 Å². The van der Waals surface area contributed by atoms with Gasteiger partial charge >= 0.3 is 6.61 Å². The van der Waals surface area contributed by atoms with Crippen molar-refractivity contribution in [3.8, 4) is 5.75 Å². The van der Waals surface area contributed by atoms with Crippen molar-refractivity contribution in [1.82, 2.24) is 15.2 Å². The number of hydrazine groups is 1. The lowest BCUT2D eigenvalue weighted by Gasteiger charge is -2.18. The van der Waals surface area contributed by atoms with E-state index in [0.717, 1.165) is 5.56 Å². The van der Waals surface area contributed by atoms with Gasteiger partial charge in [-0.05, 0) is 24.6 Å². The molecule has 1 heterocycles. The van der Waals surface area contributed by atoms with E-state index in [2.05, 4.69) is 15.3 Å². The van der Waals surface area contributed by atoms with Crippen molar-refractivity contribution in [1.29, 1.82) is 0 Å². The molecule has 0 spiro atoms. The van der Waals surface area contributed by atoms with Gasteiger partial charge in [-0.2, -0.15) is 13.9 Å². The van der Waals surface area contributed by atoms with Crippen LogP contribution >= 0.6 is 11.6 Å². The molecule has 2 aromatic rings. The van der Waals surface area contributed by atoms with Crippen molar-refractivity contribution < 1.29 is 13.5 Å². The number of benzene rings is 1. The van der Waals surface area contributed by atoms with Gasteiger partial charge in [-0.25, -0.2) is 5.43 Å². The van der Waals surface area contributed by atoms with E-state index >= 15 is 0 Å². The Hall–Kier alpha value is -1.70. The summed E-state index contributed by atoms with van der Waals surface area (Å²) in [6.07, 6.45) is 1.54. The second-order valence-electron chi connectivity index (χ2n) is 4.24. The summed E-state index contributed by atoms with van der Waals surface area (Å²) in [5.74, 6) is 5.69. The minimum absolute atomic E-state index is 0.0830. The number of hydrogen-bond donors (Lipinski definition) is 2. The van der Waals surface area contributed by atoms with Crippen LogP contribution in [0.4, 0.5) is 8.78 Å². The third-order valence-electron chi connectivity index (χ3n) is 3.01. The number of ether oxygens (including phenoxy) is 1. The van der Waals surface area contributed by atoms with E-state index in [9.17, 15) is 8.78 Å². The van der Waals surface area contributed by atoms with E-state index in [1.54, 1.807) is 23.0 Å². The zero-order chi connectivity index (χ0) is 15.4. The molecule has 114 valence electrons. The number of nitrogens with zero attached hydrogens (tertiary/aromatic N) is 2. The van der Waals surface area contributed by atoms with Crippen molar-refractivity contribution >= 4 is 11.6 Å². The Balaban J connectivity index is 2.31. The van der Waals surface area contributed by atoms with Gasteiger partial charge in [-0.1, -0.05) is 23.7 Å². The van der Waals surface area contributed by atoms with Gasteiger partial charge in [-0.15, -0.1) is 0 Å². The smallest absolute Gasteiger partial charge is 0.387 e. The molecular weight excluding hydrogens is 302 g/mol. The van der Waals surface area contributed by atoms with Gasteiger partial charge in [-0.3, -0.25) is 10.5 Å². The quantitative estimate of drug-likeness (QED) is 0.635. The van der Waals surface area contributed by atoms with E-state index in [-0.39, 0.29) is 5.75 Å². The summed E-state index contributed by atoms with van der Waals surface area (Å²) in [7, 11) is 0. The third kappa shape index (κ3) is 3.49. The van der Waals surface area contributed by atoms with Crippen molar-refractivity contribution in [2.45, 2.75) is 26.1 Å². The number of alkyl halides is 2. The second-order valence-corrected chi connectivity index (χ2v) is 4.65. The van der Waals surface area contributed by atoms with Gasteiger partial charge in [0, 0.05) is 6.54 Å². The van der Waals surface area contributed by atoms with Gasteiger partial charge in [0.15, 0.2) is 0 Å². The first-order valence-corrected chi connectivity index (χ1v) is 6.66. The van der Waals surface area contributed by atoms with Crippen LogP contribution in [0.25, 0.3) is 0 Å². The fourth-order valence-electron chi connectivity index (χ4n) is 2.09. The van der Waals surface area contributed by atoms with Crippen molar-refractivity contribution in [2.75, 3.05) is 0 Å². The largest absolute Gasteiger partial charge is 0.435 e. The van der Waals surface area contributed by atoms with E-state index in [4.69, 9.17) is 17.4 Å². The zero-order valence-corrected chi connectivity index (χ0v) is 12.0. The molecule has 1 atom stereocenters. The monoisotopic (exact) mass is 316 g/mol. The molecule has 0 saturated carbocycles. The van der Waals surface area contributed by atoms with Crippen LogP contribution in [0, 0.1) is 0 Å². The molecule has 0 aliphatic carbocycles. The van der Waals surface area contributed by atoms with E-state index in [1.165, 1.54) is 12.1 Å². The van der Waals surface area contributed by atoms with Crippen LogP contribution in [0.1, 0.15) is 24.2 Å². The average molecular weight is 317 g/mol. The Bertz CT molecular complexity index is 588. The van der Waals surface area contributed by atoms with Gasteiger partial charge in [0.25, 0.3) is 0 Å². The lowest BCUT2D eigenvalue weighted by Crippen LogP contribution is -2.31. The summed E-state index contributed by atoms with van der Waals surface area (Å²) < 4.78 is 30.3. The summed E-state index contributed by atoms with van der Waals surface area (Å²) in [6.45, 7) is -0.289. The van der Waals surface area contributed by atoms with Crippen LogP contribution in [-0.2, 0) is 6.54 Å². The lowest BCUT2D eigenvalue weighted by molar-refractivity contribution is -0.0498. The number of nitrogens with two attached hydrogens (primary N) is 1. The number of aromatic nitrogens is 2. The highest BCUT2D eigenvalue weighted by Gasteiger charge is 2.20. The molecule has 0 bridgehead atoms. The molecule has 0 aliphatic rings. The van der Waals surface area contributed by atoms with Crippen LogP contribution < -0.4 is 16.0 Å². The maximum Gasteiger partial charge on any atom is 0.387 e. The molecular formula is C13H15ClF2N4O. The highest BCUT2D eigenvalue weighted by molar-refractivity contribution is 6.31. The summed E-state index contributed by atoms with van der Waals surface area (Å²) >= 11 is 6.14. The molecule has 3 N–H and O–H groups in total. The predicted octanol–water partition coefficient (Wildman–Crippen LogP) is 2.71. The molecule has 5 nitrogen and oxygen atoms in total. The van der Waals surface area contributed by atoms with E-state index in [0.29, 0.717) is 17.3 Å². The number of halogens is 3. The lowest BCUT2D eigenvalue weighted by atomic mass is 10.0. The van der Waals surface area contributed by atoms with Crippen LogP contribution in [0.15, 0.2) is 30.5 Å². The van der Waals surface area contributed by atoms with Crippen molar-refractivity contribution in [3.05, 3.63) is 46.7 Å². The fourth-order valence-corrected chi connectivity index (χ4v) is 2.34. The number of hydrogen-bond acceptors (Lipinski definition) is 4. The first kappa shape index (κ1) is 15.7. The molecule has 0 aliphatic heterocycles. The highest BCUT2D eigenvalue weighted by Crippen LogP contribution is 2.29. The predicted molar refractivity (Wildman–Crippen MR) is 75.2 cm³/mol. The molecule has 21 heavy (non-hydrogen) atoms. The molecule has 0 amide bonds. The summed E-state index contributed by atoms with van der Waals surface area (Å²) in [5, 5.41) is 4.63. The van der Waals surface area contributed by atoms with Gasteiger partial charge < -0.3 is 4.74 Å². The Morgan fingerprint density at radius 1 is 1.38 bits per heavy atom. The third-order valence-corrected chi connectivity index (χ3v) is 3.30. The van der Waals surface area contributed by atoms with Crippen LogP contribution in [0.5, 0.6) is 5.75 Å². The van der Waals surface area contributed by atoms with Crippen molar-refractivity contribution in [3.63, 3.8) is 0 Å². The van der Waals surface area contributed by atoms with E-state index in [1.807, 2.05) is 6.92 Å². The molecule has 0 fully saturated rings. The maximum atomic E-state index is 12.1. The summed E-state index contributed by atoms with van der Waals surface area (Å²) in [5.41, 5.74) is 4.13. The molecule has 8 heteroatoms. The SMILES string of the molecule is CCn1ncc(Cl)c1C(NN)c1ccc(OC(F)F)cc1. The number of aryl methyl sites for hydroxylation is 1. The molecule has 1 aromatic carbocycles. The van der Waals surface area contributed by atoms with Crippen LogP contribution in [-0.4, -0.2) is 16.4 Å². The number of rotatable bonds is 6. The Labute approximate surface area is 125 Å². The molecule has 1 unspecified atom stereocenters. The average Bonchev–Trinajstić information content (AvgIpc) is 2.82. The Morgan fingerprint density at radius 3 is 2.57 bits per heavy atom. The minimum atomic E-state index is -2.85. The topological polar surface area (TPSA) is 65.1 Å². The van der Waals surface area contributed by atoms with Gasteiger partial charge in [0.1, 0.15) is 5.75 Å². The highest BCUT2D eigenvalue weighted by atomic mass is 35.5. The molecule has 0 saturated heterocycles. The first-order valence-electron chi connectivity index (χ1n) is 6.29. The number of nitrogens with one attached hydrogen (secondary N) is 1. The van der Waals surface area contributed by atoms with Gasteiger partial charge in [0.2, 0.25) is 0 Å². The minimum Gasteiger partial charge on any atom is -0.435 e. The van der Waals surface area contributed by atoms with Crippen LogP contribution in [0.2, 0.25) is 5.02 Å². The summed E-state index contributed by atoms with van der Waals surface area (Å²) in [4.78, 5) is 0. The van der Waals surface area contributed by atoms with Gasteiger partial charge in [0.05, 0.1) is 23.0 Å². The second kappa shape index (κ2) is 6.84. The molecule has 2 rings (SSSR count). The van der Waals surface area contributed by atoms with E-state index < -0.39 is 12.7 Å². The fraction of sp³-hybridized carbons (Fsp3) is 0.308. The normalized spacial score (nSPS) is 12.7. The summed E-state index contributed by atoms with van der Waals surface area (Å²) in [6, 6.07) is 5.79. The maximum absolute atomic E-state index is 12.1. The standard InChI is InChI=1S/C13H15ClF2N4O/c1-2-20-12(10(14)7-18-20)11(19-17)8-3-5-9(6-4-8)21-13(15)16/h3-7,11,13,19H,2,17H2,1H3. The molecule has 0 radical (unpaired) electrons. The van der Waals surface area contributed by atoms with Crippen molar-refractivity contribution in [2.24, 2.45) is 5.84 Å². The Morgan fingerprint density at radius 2 is 2.05 bits per heavy atom. The molecule has 1 aromatic heterocycles. The Kier molecular flexibility index (Phi) is 5.11.